The zero-order valence-corrected chi connectivity index (χ0v) is 9.20. The largest absolute Gasteiger partial charge is 0.469 e. The topological polar surface area (TPSA) is 60.4 Å². The fraction of sp³-hybridized carbons (Fsp3) is 0.800. The number of hydrogen-bond donors (Lipinski definition) is 0. The highest BCUT2D eigenvalue weighted by Crippen LogP contribution is 2.14. The van der Waals surface area contributed by atoms with E-state index in [1.165, 1.54) is 7.11 Å². The van der Waals surface area contributed by atoms with Crippen LogP contribution in [0.5, 0.6) is 0 Å². The highest BCUT2D eigenvalue weighted by molar-refractivity contribution is 5.69. The fourth-order valence-electron chi connectivity index (χ4n) is 1.26. The van der Waals surface area contributed by atoms with Crippen LogP contribution in [0.1, 0.15) is 33.6 Å². The maximum Gasteiger partial charge on any atom is 0.373 e. The summed E-state index contributed by atoms with van der Waals surface area (Å²) in [5.74, 6) is 1.01. The first-order chi connectivity index (χ1) is 6.47. The van der Waals surface area contributed by atoms with Crippen LogP contribution in [0.25, 0.3) is 0 Å². The van der Waals surface area contributed by atoms with E-state index in [0.717, 1.165) is 6.42 Å². The van der Waals surface area contributed by atoms with Gasteiger partial charge in [-0.15, -0.1) is 0 Å². The predicted molar refractivity (Wildman–Crippen MR) is 50.3 cm³/mol. The number of methoxy groups -OCH3 is 1. The van der Waals surface area contributed by atoms with E-state index in [-0.39, 0.29) is 12.1 Å². The van der Waals surface area contributed by atoms with Gasteiger partial charge in [0.15, 0.2) is 0 Å². The van der Waals surface area contributed by atoms with Crippen molar-refractivity contribution in [2.45, 2.75) is 33.6 Å². The summed E-state index contributed by atoms with van der Waals surface area (Å²) in [4.78, 5) is 27.0. The third-order valence-corrected chi connectivity index (χ3v) is 1.62. The lowest BCUT2D eigenvalue weighted by molar-refractivity contribution is -0.191. The molecule has 4 heteroatoms. The number of hydrogen-bond acceptors (Lipinski definition) is 4. The highest BCUT2D eigenvalue weighted by Gasteiger charge is 2.09. The molecule has 0 aromatic carbocycles. The van der Waals surface area contributed by atoms with Crippen molar-refractivity contribution in [3.8, 4) is 0 Å². The summed E-state index contributed by atoms with van der Waals surface area (Å²) >= 11 is 0. The molecule has 0 aromatic rings. The Morgan fingerprint density at radius 1 is 1.29 bits per heavy atom. The Balaban J connectivity index is 0. The minimum absolute atomic E-state index is 0.0989. The standard InChI is InChI=1S/C9H18O2.CO2/c1-7(2)5-8(3)6-9(10)11-4;2-1-3/h7-8H,5-6H2,1-4H3;/t8-;/m0./s1. The molecule has 0 aliphatic carbocycles. The van der Waals surface area contributed by atoms with Crippen molar-refractivity contribution in [2.24, 2.45) is 11.8 Å². The second-order valence-electron chi connectivity index (χ2n) is 3.60. The molecule has 4 nitrogen and oxygen atoms in total. The number of esters is 1. The first kappa shape index (κ1) is 15.3. The van der Waals surface area contributed by atoms with Gasteiger partial charge in [-0.05, 0) is 18.3 Å². The van der Waals surface area contributed by atoms with Crippen molar-refractivity contribution in [1.82, 2.24) is 0 Å². The summed E-state index contributed by atoms with van der Waals surface area (Å²) in [6.07, 6.45) is 1.89. The van der Waals surface area contributed by atoms with Crippen LogP contribution in [0.3, 0.4) is 0 Å². The summed E-state index contributed by atoms with van der Waals surface area (Å²) in [5, 5.41) is 0. The molecule has 0 aliphatic heterocycles. The molecule has 82 valence electrons. The normalized spacial score (nSPS) is 10.9. The van der Waals surface area contributed by atoms with Gasteiger partial charge in [0.25, 0.3) is 0 Å². The fourth-order valence-corrected chi connectivity index (χ4v) is 1.26. The molecule has 0 saturated carbocycles. The molecule has 0 radical (unpaired) electrons. The molecule has 0 N–H and O–H groups in total. The minimum Gasteiger partial charge on any atom is -0.469 e. The Kier molecular flexibility index (Phi) is 10.9. The Hall–Kier alpha value is -1.15. The lowest BCUT2D eigenvalue weighted by Gasteiger charge is -2.11. The van der Waals surface area contributed by atoms with Gasteiger partial charge in [0.2, 0.25) is 0 Å². The van der Waals surface area contributed by atoms with Crippen LogP contribution in [0.2, 0.25) is 0 Å². The second kappa shape index (κ2) is 9.93. The number of rotatable bonds is 4. The zero-order chi connectivity index (χ0) is 11.6. The van der Waals surface area contributed by atoms with Crippen molar-refractivity contribution in [3.63, 3.8) is 0 Å². The summed E-state index contributed by atoms with van der Waals surface area (Å²) in [5.41, 5.74) is 0. The van der Waals surface area contributed by atoms with Crippen molar-refractivity contribution < 1.29 is 19.1 Å². The molecule has 1 atom stereocenters. The number of carbonyl (C=O) groups excluding carboxylic acids is 3. The van der Waals surface area contributed by atoms with Crippen molar-refractivity contribution >= 4 is 12.1 Å². The van der Waals surface area contributed by atoms with Gasteiger partial charge >= 0.3 is 12.1 Å². The van der Waals surface area contributed by atoms with E-state index in [1.807, 2.05) is 0 Å². The summed E-state index contributed by atoms with van der Waals surface area (Å²) in [7, 11) is 1.43. The monoisotopic (exact) mass is 202 g/mol. The van der Waals surface area contributed by atoms with E-state index in [0.29, 0.717) is 18.3 Å². The molecule has 0 aliphatic rings. The molecule has 0 bridgehead atoms. The molecule has 0 rings (SSSR count). The minimum atomic E-state index is -0.0989. The third kappa shape index (κ3) is 13.4. The average Bonchev–Trinajstić information content (AvgIpc) is 2.03. The van der Waals surface area contributed by atoms with Crippen molar-refractivity contribution in [3.05, 3.63) is 0 Å². The molecule has 0 spiro atoms. The Morgan fingerprint density at radius 3 is 2.00 bits per heavy atom. The maximum atomic E-state index is 10.8. The molecule has 0 fully saturated rings. The first-order valence-corrected chi connectivity index (χ1v) is 4.54. The molecule has 14 heavy (non-hydrogen) atoms. The van der Waals surface area contributed by atoms with Crippen LogP contribution in [-0.4, -0.2) is 19.2 Å². The van der Waals surface area contributed by atoms with E-state index in [2.05, 4.69) is 25.5 Å². The van der Waals surface area contributed by atoms with Gasteiger partial charge in [-0.3, -0.25) is 4.79 Å². The molecular weight excluding hydrogens is 184 g/mol. The summed E-state index contributed by atoms with van der Waals surface area (Å²) in [6, 6.07) is 0. The van der Waals surface area contributed by atoms with Crippen LogP contribution in [0.4, 0.5) is 0 Å². The summed E-state index contributed by atoms with van der Waals surface area (Å²) in [6.45, 7) is 6.40. The average molecular weight is 202 g/mol. The molecule has 0 aromatic heterocycles. The quantitative estimate of drug-likeness (QED) is 0.650. The third-order valence-electron chi connectivity index (χ3n) is 1.62. The van der Waals surface area contributed by atoms with E-state index in [1.54, 1.807) is 0 Å². The van der Waals surface area contributed by atoms with E-state index in [4.69, 9.17) is 9.59 Å². The van der Waals surface area contributed by atoms with Gasteiger partial charge in [-0.25, -0.2) is 0 Å². The van der Waals surface area contributed by atoms with E-state index in [9.17, 15) is 4.79 Å². The van der Waals surface area contributed by atoms with E-state index < -0.39 is 0 Å². The van der Waals surface area contributed by atoms with Gasteiger partial charge in [-0.2, -0.15) is 9.59 Å². The van der Waals surface area contributed by atoms with Gasteiger partial charge in [0.1, 0.15) is 0 Å². The zero-order valence-electron chi connectivity index (χ0n) is 9.20. The predicted octanol–water partition coefficient (Wildman–Crippen LogP) is 1.65. The number of ether oxygens (including phenoxy) is 1. The van der Waals surface area contributed by atoms with Crippen LogP contribution < -0.4 is 0 Å². The molecular formula is C10H18O4. The Labute approximate surface area is 84.6 Å². The van der Waals surface area contributed by atoms with Crippen molar-refractivity contribution in [2.75, 3.05) is 7.11 Å². The Bertz CT molecular complexity index is 181. The highest BCUT2D eigenvalue weighted by atomic mass is 16.5. The van der Waals surface area contributed by atoms with Crippen LogP contribution in [-0.2, 0) is 19.1 Å². The lowest BCUT2D eigenvalue weighted by atomic mass is 9.96. The smallest absolute Gasteiger partial charge is 0.373 e. The van der Waals surface area contributed by atoms with Crippen LogP contribution in [0, 0.1) is 11.8 Å². The van der Waals surface area contributed by atoms with E-state index >= 15 is 0 Å². The molecule has 0 unspecified atom stereocenters. The maximum absolute atomic E-state index is 10.8. The first-order valence-electron chi connectivity index (χ1n) is 4.54. The van der Waals surface area contributed by atoms with Crippen molar-refractivity contribution in [1.29, 1.82) is 0 Å². The summed E-state index contributed by atoms with van der Waals surface area (Å²) < 4.78 is 4.56. The van der Waals surface area contributed by atoms with Gasteiger partial charge in [0, 0.05) is 6.42 Å². The van der Waals surface area contributed by atoms with Gasteiger partial charge in [-0.1, -0.05) is 20.8 Å². The second-order valence-corrected chi connectivity index (χ2v) is 3.60. The molecule has 0 saturated heterocycles. The van der Waals surface area contributed by atoms with Gasteiger partial charge in [0.05, 0.1) is 7.11 Å². The van der Waals surface area contributed by atoms with Gasteiger partial charge < -0.3 is 4.74 Å². The SMILES string of the molecule is COC(=O)C[C@@H](C)CC(C)C.O=C=O. The molecule has 0 amide bonds. The lowest BCUT2D eigenvalue weighted by Crippen LogP contribution is -2.08. The van der Waals surface area contributed by atoms with Crippen LogP contribution >= 0.6 is 0 Å². The van der Waals surface area contributed by atoms with Crippen LogP contribution in [0.15, 0.2) is 0 Å². The molecule has 0 heterocycles. The Morgan fingerprint density at radius 2 is 1.71 bits per heavy atom. The number of carbonyl (C=O) groups is 1.